The normalized spacial score (nSPS) is 13.5. The lowest BCUT2D eigenvalue weighted by Crippen LogP contribution is -2.28. The summed E-state index contributed by atoms with van der Waals surface area (Å²) < 4.78 is 38.1. The number of nitrogens with one attached hydrogen (secondary N) is 1. The summed E-state index contributed by atoms with van der Waals surface area (Å²) in [5.41, 5.74) is -1.82. The number of nitrogens with zero attached hydrogens (tertiary/aromatic N) is 1. The van der Waals surface area contributed by atoms with Gasteiger partial charge in [0.15, 0.2) is 0 Å². The Morgan fingerprint density at radius 3 is 2.62 bits per heavy atom. The molecular formula is C12H14F2N2O4S. The summed E-state index contributed by atoms with van der Waals surface area (Å²) in [7, 11) is -1.06. The van der Waals surface area contributed by atoms with Crippen LogP contribution in [0.3, 0.4) is 0 Å². The Morgan fingerprint density at radius 2 is 2.10 bits per heavy atom. The minimum Gasteiger partial charge on any atom is -0.352 e. The standard InChI is InChI=1S/C12H14F2N2O4S/c1-7(21(2)20)3-4-15-12(17)9-5-8(13)6-10(11(9)14)16(18)19/h5-7H,3-4H2,1-2H3,(H,15,17). The highest BCUT2D eigenvalue weighted by molar-refractivity contribution is 7.84. The van der Waals surface area contributed by atoms with Crippen LogP contribution < -0.4 is 5.32 Å². The van der Waals surface area contributed by atoms with Gasteiger partial charge in [0, 0.05) is 28.9 Å². The van der Waals surface area contributed by atoms with Gasteiger partial charge in [0.2, 0.25) is 5.82 Å². The molecule has 0 saturated carbocycles. The van der Waals surface area contributed by atoms with E-state index in [4.69, 9.17) is 0 Å². The number of hydrogen-bond acceptors (Lipinski definition) is 4. The Bertz CT molecular complexity index is 595. The number of carbonyl (C=O) groups is 1. The van der Waals surface area contributed by atoms with Crippen LogP contribution in [-0.2, 0) is 10.8 Å². The first-order chi connectivity index (χ1) is 9.73. The Morgan fingerprint density at radius 1 is 1.48 bits per heavy atom. The lowest BCUT2D eigenvalue weighted by Gasteiger charge is -2.10. The zero-order chi connectivity index (χ0) is 16.2. The SMILES string of the molecule is CC(CCNC(=O)c1cc(F)cc([N+](=O)[O-])c1F)S(C)=O. The van der Waals surface area contributed by atoms with Crippen molar-refractivity contribution in [2.24, 2.45) is 0 Å². The maximum atomic E-state index is 13.8. The van der Waals surface area contributed by atoms with Crippen LogP contribution in [-0.4, -0.2) is 33.1 Å². The highest BCUT2D eigenvalue weighted by Crippen LogP contribution is 2.22. The van der Waals surface area contributed by atoms with E-state index < -0.39 is 44.5 Å². The van der Waals surface area contributed by atoms with Crippen LogP contribution >= 0.6 is 0 Å². The minimum atomic E-state index is -1.38. The third kappa shape index (κ3) is 4.55. The van der Waals surface area contributed by atoms with Gasteiger partial charge in [0.05, 0.1) is 16.6 Å². The van der Waals surface area contributed by atoms with Crippen molar-refractivity contribution < 1.29 is 22.7 Å². The quantitative estimate of drug-likeness (QED) is 0.639. The number of nitro groups is 1. The topological polar surface area (TPSA) is 89.3 Å². The molecule has 1 aromatic carbocycles. The van der Waals surface area contributed by atoms with Gasteiger partial charge in [-0.3, -0.25) is 19.1 Å². The highest BCUT2D eigenvalue weighted by Gasteiger charge is 2.24. The molecule has 6 nitrogen and oxygen atoms in total. The van der Waals surface area contributed by atoms with E-state index >= 15 is 0 Å². The van der Waals surface area contributed by atoms with Gasteiger partial charge in [-0.2, -0.15) is 4.39 Å². The minimum absolute atomic E-state index is 0.101. The van der Waals surface area contributed by atoms with E-state index in [1.165, 1.54) is 6.26 Å². The summed E-state index contributed by atoms with van der Waals surface area (Å²) in [5.74, 6) is -3.41. The molecule has 0 heterocycles. The van der Waals surface area contributed by atoms with Crippen LogP contribution in [0.5, 0.6) is 0 Å². The molecule has 0 aromatic heterocycles. The van der Waals surface area contributed by atoms with Gasteiger partial charge in [-0.1, -0.05) is 6.92 Å². The van der Waals surface area contributed by atoms with Gasteiger partial charge in [-0.15, -0.1) is 0 Å². The van der Waals surface area contributed by atoms with E-state index in [1.54, 1.807) is 6.92 Å². The fourth-order valence-electron chi connectivity index (χ4n) is 1.52. The first kappa shape index (κ1) is 17.2. The van der Waals surface area contributed by atoms with Crippen molar-refractivity contribution in [3.8, 4) is 0 Å². The number of amides is 1. The molecule has 0 saturated heterocycles. The zero-order valence-electron chi connectivity index (χ0n) is 11.4. The van der Waals surface area contributed by atoms with Crippen LogP contribution in [0.25, 0.3) is 0 Å². The monoisotopic (exact) mass is 320 g/mol. The zero-order valence-corrected chi connectivity index (χ0v) is 12.2. The third-order valence-corrected chi connectivity index (χ3v) is 4.23. The van der Waals surface area contributed by atoms with Crippen molar-refractivity contribution in [2.75, 3.05) is 12.8 Å². The molecule has 1 aromatic rings. The van der Waals surface area contributed by atoms with E-state index in [2.05, 4.69) is 5.32 Å². The maximum Gasteiger partial charge on any atom is 0.308 e. The Hall–Kier alpha value is -1.90. The summed E-state index contributed by atoms with van der Waals surface area (Å²) in [6.07, 6.45) is 1.90. The van der Waals surface area contributed by atoms with Gasteiger partial charge < -0.3 is 5.32 Å². The van der Waals surface area contributed by atoms with E-state index in [-0.39, 0.29) is 11.8 Å². The molecular weight excluding hydrogens is 306 g/mol. The molecule has 2 unspecified atom stereocenters. The summed E-state index contributed by atoms with van der Waals surface area (Å²) in [6.45, 7) is 1.82. The Kier molecular flexibility index (Phi) is 5.89. The fourth-order valence-corrected chi connectivity index (χ4v) is 1.97. The molecule has 9 heteroatoms. The van der Waals surface area contributed by atoms with Gasteiger partial charge in [0.25, 0.3) is 5.91 Å². The van der Waals surface area contributed by atoms with Crippen LogP contribution in [0.2, 0.25) is 0 Å². The van der Waals surface area contributed by atoms with Crippen molar-refractivity contribution in [3.05, 3.63) is 39.4 Å². The highest BCUT2D eigenvalue weighted by atomic mass is 32.2. The molecule has 0 aliphatic carbocycles. The molecule has 116 valence electrons. The number of carbonyl (C=O) groups excluding carboxylic acids is 1. The first-order valence-corrected chi connectivity index (χ1v) is 7.60. The predicted molar refractivity (Wildman–Crippen MR) is 73.5 cm³/mol. The van der Waals surface area contributed by atoms with Crippen LogP contribution in [0, 0.1) is 21.7 Å². The largest absolute Gasteiger partial charge is 0.352 e. The van der Waals surface area contributed by atoms with Crippen molar-refractivity contribution in [3.63, 3.8) is 0 Å². The molecule has 1 rings (SSSR count). The van der Waals surface area contributed by atoms with Crippen molar-refractivity contribution in [2.45, 2.75) is 18.6 Å². The molecule has 0 spiro atoms. The van der Waals surface area contributed by atoms with E-state index in [0.29, 0.717) is 18.6 Å². The second-order valence-corrected chi connectivity index (χ2v) is 6.20. The molecule has 0 radical (unpaired) electrons. The van der Waals surface area contributed by atoms with Gasteiger partial charge in [0.1, 0.15) is 5.82 Å². The summed E-state index contributed by atoms with van der Waals surface area (Å²) in [6, 6.07) is 1.01. The summed E-state index contributed by atoms with van der Waals surface area (Å²) >= 11 is 0. The second-order valence-electron chi connectivity index (χ2n) is 4.40. The van der Waals surface area contributed by atoms with Gasteiger partial charge in [-0.25, -0.2) is 4.39 Å². The smallest absolute Gasteiger partial charge is 0.308 e. The van der Waals surface area contributed by atoms with Gasteiger partial charge in [-0.05, 0) is 12.5 Å². The van der Waals surface area contributed by atoms with E-state index in [9.17, 15) is 27.9 Å². The first-order valence-electron chi connectivity index (χ1n) is 5.98. The lowest BCUT2D eigenvalue weighted by molar-refractivity contribution is -0.387. The average molecular weight is 320 g/mol. The molecule has 0 aliphatic rings. The van der Waals surface area contributed by atoms with Crippen molar-refractivity contribution in [1.82, 2.24) is 5.32 Å². The van der Waals surface area contributed by atoms with Gasteiger partial charge >= 0.3 is 5.69 Å². The van der Waals surface area contributed by atoms with Crippen molar-refractivity contribution >= 4 is 22.4 Å². The maximum absolute atomic E-state index is 13.8. The van der Waals surface area contributed by atoms with Crippen LogP contribution in [0.15, 0.2) is 12.1 Å². The second kappa shape index (κ2) is 7.21. The van der Waals surface area contributed by atoms with Crippen LogP contribution in [0.4, 0.5) is 14.5 Å². The molecule has 2 atom stereocenters. The number of halogens is 2. The van der Waals surface area contributed by atoms with Crippen molar-refractivity contribution in [1.29, 1.82) is 0 Å². The molecule has 0 fully saturated rings. The fraction of sp³-hybridized carbons (Fsp3) is 0.417. The average Bonchev–Trinajstić information content (AvgIpc) is 2.40. The summed E-state index contributed by atoms with van der Waals surface area (Å²) in [4.78, 5) is 21.2. The predicted octanol–water partition coefficient (Wildman–Crippen LogP) is 1.76. The lowest BCUT2D eigenvalue weighted by atomic mass is 10.1. The molecule has 0 aliphatic heterocycles. The van der Waals surface area contributed by atoms with Crippen LogP contribution in [0.1, 0.15) is 23.7 Å². The molecule has 0 bridgehead atoms. The number of nitro benzene ring substituents is 1. The van der Waals surface area contributed by atoms with E-state index in [0.717, 1.165) is 0 Å². The summed E-state index contributed by atoms with van der Waals surface area (Å²) in [5, 5.41) is 12.7. The number of benzene rings is 1. The molecule has 21 heavy (non-hydrogen) atoms. The number of hydrogen-bond donors (Lipinski definition) is 1. The Labute approximate surface area is 122 Å². The third-order valence-electron chi connectivity index (χ3n) is 2.86. The molecule has 1 N–H and O–H groups in total. The number of rotatable bonds is 6. The molecule has 1 amide bonds. The van der Waals surface area contributed by atoms with E-state index in [1.807, 2.05) is 0 Å². The Balaban J connectivity index is 2.83.